The van der Waals surface area contributed by atoms with Crippen LogP contribution in [0.3, 0.4) is 0 Å². The monoisotopic (exact) mass is 296 g/mol. The van der Waals surface area contributed by atoms with Crippen LogP contribution in [0.25, 0.3) is 11.1 Å². The van der Waals surface area contributed by atoms with Crippen molar-refractivity contribution >= 4 is 0 Å². The third kappa shape index (κ3) is 2.81. The molecule has 0 amide bonds. The Kier molecular flexibility index (Phi) is 4.60. The lowest BCUT2D eigenvalue weighted by Gasteiger charge is -2.09. The van der Waals surface area contributed by atoms with E-state index in [4.69, 9.17) is 10.2 Å². The topological polar surface area (TPSA) is 40.5 Å². The van der Waals surface area contributed by atoms with Crippen molar-refractivity contribution in [1.29, 1.82) is 0 Å². The summed E-state index contributed by atoms with van der Waals surface area (Å²) in [5.74, 6) is 0.424. The van der Waals surface area contributed by atoms with Crippen LogP contribution in [0.15, 0.2) is 36.4 Å². The molecule has 1 aliphatic rings. The molecule has 0 heterocycles. The van der Waals surface area contributed by atoms with E-state index in [0.717, 1.165) is 25.7 Å². The number of benzene rings is 2. The zero-order valence-corrected chi connectivity index (χ0v) is 13.2. The van der Waals surface area contributed by atoms with Gasteiger partial charge in [0, 0.05) is 19.1 Å². The van der Waals surface area contributed by atoms with E-state index < -0.39 is 0 Å². The van der Waals surface area contributed by atoms with Gasteiger partial charge in [-0.25, -0.2) is 0 Å². The lowest BCUT2D eigenvalue weighted by Crippen LogP contribution is -1.95. The van der Waals surface area contributed by atoms with E-state index in [9.17, 15) is 0 Å². The first-order valence-electron chi connectivity index (χ1n) is 8.22. The van der Waals surface area contributed by atoms with Crippen molar-refractivity contribution in [2.45, 2.75) is 38.5 Å². The van der Waals surface area contributed by atoms with Crippen molar-refractivity contribution in [2.24, 2.45) is 0 Å². The van der Waals surface area contributed by atoms with Crippen LogP contribution < -0.4 is 0 Å². The van der Waals surface area contributed by atoms with Crippen LogP contribution in [0.5, 0.6) is 0 Å². The normalized spacial score (nSPS) is 13.2. The highest BCUT2D eigenvalue weighted by atomic mass is 16.3. The smallest absolute Gasteiger partial charge is 0.0434 e. The van der Waals surface area contributed by atoms with E-state index >= 15 is 0 Å². The highest BCUT2D eigenvalue weighted by molar-refractivity contribution is 5.79. The number of fused-ring (bicyclic) bond motifs is 3. The van der Waals surface area contributed by atoms with Crippen LogP contribution in [-0.4, -0.2) is 23.4 Å². The van der Waals surface area contributed by atoms with Gasteiger partial charge in [0.15, 0.2) is 0 Å². The average Bonchev–Trinajstić information content (AvgIpc) is 2.83. The van der Waals surface area contributed by atoms with E-state index in [-0.39, 0.29) is 13.2 Å². The molecule has 3 rings (SSSR count). The quantitative estimate of drug-likeness (QED) is 0.854. The third-order valence-electron chi connectivity index (χ3n) is 4.70. The van der Waals surface area contributed by atoms with Gasteiger partial charge in [-0.2, -0.15) is 0 Å². The molecule has 0 spiro atoms. The van der Waals surface area contributed by atoms with Gasteiger partial charge in [-0.15, -0.1) is 0 Å². The van der Waals surface area contributed by atoms with Crippen molar-refractivity contribution in [3.05, 3.63) is 58.7 Å². The maximum absolute atomic E-state index is 9.00. The minimum absolute atomic E-state index is 0.251. The van der Waals surface area contributed by atoms with E-state index in [1.165, 1.54) is 33.4 Å². The number of aliphatic hydroxyl groups excluding tert-OH is 2. The third-order valence-corrected chi connectivity index (χ3v) is 4.70. The molecule has 0 radical (unpaired) electrons. The molecule has 2 aromatic carbocycles. The second kappa shape index (κ2) is 6.64. The SMILES string of the molecule is CC1c2cc(CCCO)ccc2-c2ccc(CCCO)cc21. The molecule has 0 bridgehead atoms. The van der Waals surface area contributed by atoms with Crippen LogP contribution in [0.4, 0.5) is 0 Å². The summed E-state index contributed by atoms with van der Waals surface area (Å²) in [4.78, 5) is 0. The molecule has 0 unspecified atom stereocenters. The Morgan fingerprint density at radius 2 is 1.23 bits per heavy atom. The summed E-state index contributed by atoms with van der Waals surface area (Å²) in [5, 5.41) is 18.0. The standard InChI is InChI=1S/C20H24O2/c1-14-19-12-15(4-2-10-21)6-8-17(19)18-9-7-16(5-3-11-22)13-20(14)18/h6-9,12-14,21-22H,2-5,10-11H2,1H3. The molecule has 0 aromatic heterocycles. The number of rotatable bonds is 6. The zero-order valence-electron chi connectivity index (χ0n) is 13.2. The summed E-state index contributed by atoms with van der Waals surface area (Å²) >= 11 is 0. The van der Waals surface area contributed by atoms with Crippen molar-refractivity contribution in [2.75, 3.05) is 13.2 Å². The molecule has 0 atom stereocenters. The first-order valence-corrected chi connectivity index (χ1v) is 8.22. The van der Waals surface area contributed by atoms with Crippen LogP contribution in [0, 0.1) is 0 Å². The van der Waals surface area contributed by atoms with E-state index in [1.807, 2.05) is 0 Å². The Balaban J connectivity index is 1.91. The molecule has 2 nitrogen and oxygen atoms in total. The Morgan fingerprint density at radius 1 is 0.773 bits per heavy atom. The van der Waals surface area contributed by atoms with Gasteiger partial charge >= 0.3 is 0 Å². The minimum atomic E-state index is 0.251. The van der Waals surface area contributed by atoms with E-state index in [2.05, 4.69) is 43.3 Å². The summed E-state index contributed by atoms with van der Waals surface area (Å²) < 4.78 is 0. The maximum atomic E-state index is 9.00. The second-order valence-electron chi connectivity index (χ2n) is 6.22. The van der Waals surface area contributed by atoms with Crippen molar-refractivity contribution in [1.82, 2.24) is 0 Å². The molecule has 1 aliphatic carbocycles. The fraction of sp³-hybridized carbons (Fsp3) is 0.400. The van der Waals surface area contributed by atoms with Gasteiger partial charge in [-0.3, -0.25) is 0 Å². The van der Waals surface area contributed by atoms with Crippen LogP contribution >= 0.6 is 0 Å². The fourth-order valence-electron chi connectivity index (χ4n) is 3.48. The molecule has 116 valence electrons. The molecule has 2 heteroatoms. The van der Waals surface area contributed by atoms with Gasteiger partial charge in [0.2, 0.25) is 0 Å². The highest BCUT2D eigenvalue weighted by Crippen LogP contribution is 2.45. The molecule has 0 fully saturated rings. The van der Waals surface area contributed by atoms with E-state index in [1.54, 1.807) is 0 Å². The van der Waals surface area contributed by atoms with Crippen LogP contribution in [-0.2, 0) is 12.8 Å². The molecule has 0 saturated heterocycles. The van der Waals surface area contributed by atoms with Crippen LogP contribution in [0.2, 0.25) is 0 Å². The number of aryl methyl sites for hydroxylation is 2. The van der Waals surface area contributed by atoms with Gasteiger partial charge < -0.3 is 10.2 Å². The number of aliphatic hydroxyl groups is 2. The molecule has 2 aromatic rings. The molecule has 0 aliphatic heterocycles. The lowest BCUT2D eigenvalue weighted by molar-refractivity contribution is 0.288. The van der Waals surface area contributed by atoms with Gasteiger partial charge in [0.25, 0.3) is 0 Å². The molecule has 2 N–H and O–H groups in total. The Hall–Kier alpha value is -1.64. The minimum Gasteiger partial charge on any atom is -0.396 e. The van der Waals surface area contributed by atoms with Gasteiger partial charge in [-0.1, -0.05) is 43.3 Å². The predicted octanol–water partition coefficient (Wildman–Crippen LogP) is 3.67. The first-order chi connectivity index (χ1) is 10.7. The largest absolute Gasteiger partial charge is 0.396 e. The summed E-state index contributed by atoms with van der Waals surface area (Å²) in [7, 11) is 0. The first kappa shape index (κ1) is 15.3. The van der Waals surface area contributed by atoms with Gasteiger partial charge in [-0.05, 0) is 59.1 Å². The second-order valence-corrected chi connectivity index (χ2v) is 6.22. The zero-order chi connectivity index (χ0) is 15.5. The van der Waals surface area contributed by atoms with Crippen molar-refractivity contribution in [3.63, 3.8) is 0 Å². The predicted molar refractivity (Wildman–Crippen MR) is 90.2 cm³/mol. The Labute approximate surface area is 132 Å². The van der Waals surface area contributed by atoms with Crippen molar-refractivity contribution < 1.29 is 10.2 Å². The lowest BCUT2D eigenvalue weighted by atomic mass is 9.95. The Morgan fingerprint density at radius 3 is 1.64 bits per heavy atom. The van der Waals surface area contributed by atoms with Gasteiger partial charge in [0.1, 0.15) is 0 Å². The Bertz CT molecular complexity index is 603. The van der Waals surface area contributed by atoms with E-state index in [0.29, 0.717) is 5.92 Å². The van der Waals surface area contributed by atoms with Crippen LogP contribution in [0.1, 0.15) is 47.9 Å². The summed E-state index contributed by atoms with van der Waals surface area (Å²) in [5.41, 5.74) is 8.14. The maximum Gasteiger partial charge on any atom is 0.0434 e. The molecule has 0 saturated carbocycles. The number of hydrogen-bond acceptors (Lipinski definition) is 2. The highest BCUT2D eigenvalue weighted by Gasteiger charge is 2.25. The van der Waals surface area contributed by atoms with Crippen molar-refractivity contribution in [3.8, 4) is 11.1 Å². The fourth-order valence-corrected chi connectivity index (χ4v) is 3.48. The number of hydrogen-bond donors (Lipinski definition) is 2. The summed E-state index contributed by atoms with van der Waals surface area (Å²) in [6.07, 6.45) is 3.53. The average molecular weight is 296 g/mol. The van der Waals surface area contributed by atoms with Gasteiger partial charge in [0.05, 0.1) is 0 Å². The molecule has 22 heavy (non-hydrogen) atoms. The molecular formula is C20H24O2. The summed E-state index contributed by atoms with van der Waals surface area (Å²) in [6, 6.07) is 13.5. The molecular weight excluding hydrogens is 272 g/mol. The summed E-state index contributed by atoms with van der Waals surface area (Å²) in [6.45, 7) is 2.78.